The summed E-state index contributed by atoms with van der Waals surface area (Å²) in [4.78, 5) is 16.6. The Kier molecular flexibility index (Phi) is 5.76. The quantitative estimate of drug-likeness (QED) is 0.829. The van der Waals surface area contributed by atoms with Gasteiger partial charge < -0.3 is 10.2 Å². The van der Waals surface area contributed by atoms with Crippen LogP contribution in [0.1, 0.15) is 24.5 Å². The molecule has 4 nitrogen and oxygen atoms in total. The summed E-state index contributed by atoms with van der Waals surface area (Å²) in [6.45, 7) is 8.49. The summed E-state index contributed by atoms with van der Waals surface area (Å²) in [7, 11) is 1.90. The number of likely N-dealkylation sites (N-methyl/N-ethyl adjacent to an activating group) is 1. The maximum Gasteiger partial charge on any atom is 0.236 e. The van der Waals surface area contributed by atoms with Gasteiger partial charge in [-0.25, -0.2) is 0 Å². The van der Waals surface area contributed by atoms with Crippen molar-refractivity contribution in [3.05, 3.63) is 35.4 Å². The average molecular weight is 289 g/mol. The van der Waals surface area contributed by atoms with Crippen LogP contribution in [0.4, 0.5) is 0 Å². The largest absolute Gasteiger partial charge is 0.340 e. The van der Waals surface area contributed by atoms with E-state index >= 15 is 0 Å². The minimum absolute atomic E-state index is 0.207. The molecule has 1 aliphatic rings. The van der Waals surface area contributed by atoms with E-state index in [9.17, 15) is 4.79 Å². The van der Waals surface area contributed by atoms with Gasteiger partial charge in [-0.2, -0.15) is 0 Å². The van der Waals surface area contributed by atoms with Crippen LogP contribution < -0.4 is 5.32 Å². The number of nitrogens with one attached hydrogen (secondary N) is 1. The van der Waals surface area contributed by atoms with Gasteiger partial charge >= 0.3 is 0 Å². The molecule has 0 radical (unpaired) electrons. The Labute approximate surface area is 128 Å². The first-order valence-electron chi connectivity index (χ1n) is 7.85. The Hall–Kier alpha value is -1.39. The number of hydrogen-bond acceptors (Lipinski definition) is 3. The molecule has 2 rings (SSSR count). The number of amides is 1. The van der Waals surface area contributed by atoms with Gasteiger partial charge in [0.2, 0.25) is 5.91 Å². The lowest BCUT2D eigenvalue weighted by atomic mass is 10.1. The Morgan fingerprint density at radius 1 is 1.33 bits per heavy atom. The van der Waals surface area contributed by atoms with Gasteiger partial charge in [-0.1, -0.05) is 31.2 Å². The molecule has 0 aromatic heterocycles. The van der Waals surface area contributed by atoms with Crippen LogP contribution in [0.5, 0.6) is 0 Å². The van der Waals surface area contributed by atoms with Crippen LogP contribution in [-0.2, 0) is 11.3 Å². The topological polar surface area (TPSA) is 35.6 Å². The van der Waals surface area contributed by atoms with Gasteiger partial charge in [0.05, 0.1) is 6.54 Å². The highest BCUT2D eigenvalue weighted by atomic mass is 16.2. The molecule has 116 valence electrons. The zero-order chi connectivity index (χ0) is 15.2. The van der Waals surface area contributed by atoms with Crippen molar-refractivity contribution in [3.8, 4) is 0 Å². The van der Waals surface area contributed by atoms with Crippen molar-refractivity contribution in [2.24, 2.45) is 0 Å². The van der Waals surface area contributed by atoms with Crippen LogP contribution in [-0.4, -0.2) is 55.0 Å². The lowest BCUT2D eigenvalue weighted by Crippen LogP contribution is -2.59. The molecule has 1 saturated heterocycles. The SMILES string of the molecule is CCCN(CC(=O)N(C)Cc1ccccc1C)C1CNC1. The van der Waals surface area contributed by atoms with Gasteiger partial charge in [0.15, 0.2) is 0 Å². The van der Waals surface area contributed by atoms with Crippen LogP contribution >= 0.6 is 0 Å². The third-order valence-corrected chi connectivity index (χ3v) is 4.22. The third kappa shape index (κ3) is 4.29. The third-order valence-electron chi connectivity index (χ3n) is 4.22. The molecule has 1 fully saturated rings. The number of nitrogens with zero attached hydrogens (tertiary/aromatic N) is 2. The average Bonchev–Trinajstić information content (AvgIpc) is 2.39. The molecular formula is C17H27N3O. The predicted molar refractivity (Wildman–Crippen MR) is 86.2 cm³/mol. The maximum atomic E-state index is 12.5. The molecule has 0 atom stereocenters. The van der Waals surface area contributed by atoms with Crippen molar-refractivity contribution < 1.29 is 4.79 Å². The smallest absolute Gasteiger partial charge is 0.236 e. The lowest BCUT2D eigenvalue weighted by molar-refractivity contribution is -0.132. The van der Waals surface area contributed by atoms with Crippen molar-refractivity contribution >= 4 is 5.91 Å². The van der Waals surface area contributed by atoms with Crippen molar-refractivity contribution in [2.45, 2.75) is 32.9 Å². The Morgan fingerprint density at radius 3 is 2.62 bits per heavy atom. The van der Waals surface area contributed by atoms with Crippen molar-refractivity contribution in [2.75, 3.05) is 33.2 Å². The first kappa shape index (κ1) is 16.0. The van der Waals surface area contributed by atoms with Crippen LogP contribution in [0, 0.1) is 6.92 Å². The van der Waals surface area contributed by atoms with E-state index in [4.69, 9.17) is 0 Å². The highest BCUT2D eigenvalue weighted by Gasteiger charge is 2.26. The molecule has 1 aromatic rings. The van der Waals surface area contributed by atoms with E-state index in [0.717, 1.165) is 26.1 Å². The highest BCUT2D eigenvalue weighted by molar-refractivity contribution is 5.78. The summed E-state index contributed by atoms with van der Waals surface area (Å²) in [6, 6.07) is 8.79. The van der Waals surface area contributed by atoms with Gasteiger partial charge in [0.25, 0.3) is 0 Å². The number of carbonyl (C=O) groups excluding carboxylic acids is 1. The summed E-state index contributed by atoms with van der Waals surface area (Å²) < 4.78 is 0. The van der Waals surface area contributed by atoms with Gasteiger partial charge in [-0.15, -0.1) is 0 Å². The molecule has 1 aromatic carbocycles. The second-order valence-electron chi connectivity index (χ2n) is 5.96. The minimum Gasteiger partial charge on any atom is -0.340 e. The molecule has 0 saturated carbocycles. The molecular weight excluding hydrogens is 262 g/mol. The van der Waals surface area contributed by atoms with Crippen LogP contribution in [0.25, 0.3) is 0 Å². The van der Waals surface area contributed by atoms with E-state index in [1.165, 1.54) is 11.1 Å². The molecule has 0 bridgehead atoms. The monoisotopic (exact) mass is 289 g/mol. The van der Waals surface area contributed by atoms with Crippen molar-refractivity contribution in [1.29, 1.82) is 0 Å². The van der Waals surface area contributed by atoms with Crippen LogP contribution in [0.2, 0.25) is 0 Å². The Balaban J connectivity index is 1.90. The van der Waals surface area contributed by atoms with E-state index in [2.05, 4.69) is 36.2 Å². The molecule has 1 aliphatic heterocycles. The molecule has 0 unspecified atom stereocenters. The normalized spacial score (nSPS) is 15.0. The predicted octanol–water partition coefficient (Wildman–Crippen LogP) is 1.64. The van der Waals surface area contributed by atoms with Gasteiger partial charge in [-0.3, -0.25) is 9.69 Å². The second kappa shape index (κ2) is 7.57. The summed E-state index contributed by atoms with van der Waals surface area (Å²) in [5.41, 5.74) is 2.46. The first-order valence-corrected chi connectivity index (χ1v) is 7.85. The summed E-state index contributed by atoms with van der Waals surface area (Å²) in [5.74, 6) is 0.207. The van der Waals surface area contributed by atoms with E-state index < -0.39 is 0 Å². The van der Waals surface area contributed by atoms with E-state index in [0.29, 0.717) is 19.1 Å². The summed E-state index contributed by atoms with van der Waals surface area (Å²) in [5, 5.41) is 3.28. The lowest BCUT2D eigenvalue weighted by Gasteiger charge is -2.38. The highest BCUT2D eigenvalue weighted by Crippen LogP contribution is 2.11. The molecule has 4 heteroatoms. The summed E-state index contributed by atoms with van der Waals surface area (Å²) >= 11 is 0. The number of hydrogen-bond donors (Lipinski definition) is 1. The fourth-order valence-corrected chi connectivity index (χ4v) is 2.64. The number of rotatable bonds is 7. The van der Waals surface area contributed by atoms with Gasteiger partial charge in [0.1, 0.15) is 0 Å². The van der Waals surface area contributed by atoms with E-state index in [1.54, 1.807) is 0 Å². The molecule has 0 aliphatic carbocycles. The second-order valence-corrected chi connectivity index (χ2v) is 5.96. The minimum atomic E-state index is 0.207. The van der Waals surface area contributed by atoms with Crippen LogP contribution in [0.15, 0.2) is 24.3 Å². The fourth-order valence-electron chi connectivity index (χ4n) is 2.64. The molecule has 0 spiro atoms. The number of aryl methyl sites for hydroxylation is 1. The number of carbonyl (C=O) groups is 1. The maximum absolute atomic E-state index is 12.5. The molecule has 1 N–H and O–H groups in total. The Bertz CT molecular complexity index is 471. The zero-order valence-electron chi connectivity index (χ0n) is 13.4. The molecule has 21 heavy (non-hydrogen) atoms. The molecule has 1 amide bonds. The molecule has 1 heterocycles. The van der Waals surface area contributed by atoms with Gasteiger partial charge in [0, 0.05) is 32.7 Å². The first-order chi connectivity index (χ1) is 10.1. The van der Waals surface area contributed by atoms with Crippen LogP contribution in [0.3, 0.4) is 0 Å². The standard InChI is InChI=1S/C17H27N3O/c1-4-9-20(16-10-18-11-16)13-17(21)19(3)12-15-8-6-5-7-14(15)2/h5-8,16,18H,4,9-13H2,1-3H3. The van der Waals surface area contributed by atoms with E-state index in [-0.39, 0.29) is 5.91 Å². The Morgan fingerprint density at radius 2 is 2.05 bits per heavy atom. The van der Waals surface area contributed by atoms with E-state index in [1.807, 2.05) is 24.1 Å². The number of benzene rings is 1. The van der Waals surface area contributed by atoms with Crippen molar-refractivity contribution in [3.63, 3.8) is 0 Å². The zero-order valence-corrected chi connectivity index (χ0v) is 13.4. The fraction of sp³-hybridized carbons (Fsp3) is 0.588. The van der Waals surface area contributed by atoms with Crippen molar-refractivity contribution in [1.82, 2.24) is 15.1 Å². The van der Waals surface area contributed by atoms with Gasteiger partial charge in [-0.05, 0) is 31.0 Å². The summed E-state index contributed by atoms with van der Waals surface area (Å²) in [6.07, 6.45) is 1.09.